The largest absolute Gasteiger partial charge is 0.378 e. The van der Waals surface area contributed by atoms with Crippen LogP contribution in [-0.2, 0) is 4.74 Å². The van der Waals surface area contributed by atoms with E-state index in [4.69, 9.17) is 4.74 Å². The normalized spacial score (nSPS) is 30.3. The minimum Gasteiger partial charge on any atom is -0.378 e. The number of hydrogen-bond donors (Lipinski definition) is 1. The van der Waals surface area contributed by atoms with Crippen LogP contribution in [0.25, 0.3) is 0 Å². The molecule has 0 aromatic rings. The molecule has 112 valence electrons. The van der Waals surface area contributed by atoms with Gasteiger partial charge in [-0.2, -0.15) is 0 Å². The highest BCUT2D eigenvalue weighted by Crippen LogP contribution is 2.20. The van der Waals surface area contributed by atoms with Gasteiger partial charge in [-0.05, 0) is 52.4 Å². The Morgan fingerprint density at radius 2 is 1.95 bits per heavy atom. The topological polar surface area (TPSA) is 27.7 Å². The molecule has 0 aliphatic carbocycles. The molecule has 0 amide bonds. The molecule has 2 unspecified atom stereocenters. The zero-order valence-electron chi connectivity index (χ0n) is 12.9. The highest BCUT2D eigenvalue weighted by Gasteiger charge is 2.30. The standard InChI is InChI=1S/C15H31N3O/c1-13-11-18(12-15(13)17(2)3)9-4-10-19-14-5-7-16-8-6-14/h13-16H,4-12H2,1-3H3. The van der Waals surface area contributed by atoms with Crippen LogP contribution in [-0.4, -0.2) is 75.4 Å². The molecule has 0 bridgehead atoms. The van der Waals surface area contributed by atoms with Crippen molar-refractivity contribution in [3.05, 3.63) is 0 Å². The number of hydrogen-bond acceptors (Lipinski definition) is 4. The monoisotopic (exact) mass is 269 g/mol. The van der Waals surface area contributed by atoms with Gasteiger partial charge >= 0.3 is 0 Å². The summed E-state index contributed by atoms with van der Waals surface area (Å²) >= 11 is 0. The second kappa shape index (κ2) is 7.58. The molecular formula is C15H31N3O. The van der Waals surface area contributed by atoms with Gasteiger partial charge in [-0.25, -0.2) is 0 Å². The molecule has 2 aliphatic heterocycles. The van der Waals surface area contributed by atoms with Crippen LogP contribution in [0.1, 0.15) is 26.2 Å². The van der Waals surface area contributed by atoms with E-state index in [2.05, 4.69) is 36.1 Å². The highest BCUT2D eigenvalue weighted by atomic mass is 16.5. The number of likely N-dealkylation sites (N-methyl/N-ethyl adjacent to an activating group) is 1. The van der Waals surface area contributed by atoms with E-state index in [1.54, 1.807) is 0 Å². The third kappa shape index (κ3) is 4.71. The van der Waals surface area contributed by atoms with Gasteiger partial charge in [-0.15, -0.1) is 0 Å². The van der Waals surface area contributed by atoms with Crippen molar-refractivity contribution in [2.75, 3.05) is 53.4 Å². The van der Waals surface area contributed by atoms with Gasteiger partial charge < -0.3 is 19.9 Å². The lowest BCUT2D eigenvalue weighted by atomic mass is 10.1. The molecule has 2 heterocycles. The van der Waals surface area contributed by atoms with E-state index in [9.17, 15) is 0 Å². The predicted molar refractivity (Wildman–Crippen MR) is 79.5 cm³/mol. The number of ether oxygens (including phenoxy) is 1. The highest BCUT2D eigenvalue weighted by molar-refractivity contribution is 4.86. The van der Waals surface area contributed by atoms with Gasteiger partial charge in [0.15, 0.2) is 0 Å². The first-order valence-electron chi connectivity index (χ1n) is 7.88. The SMILES string of the molecule is CC1CN(CCCOC2CCNCC2)CC1N(C)C. The molecule has 2 saturated heterocycles. The molecule has 0 radical (unpaired) electrons. The molecule has 2 aliphatic rings. The minimum absolute atomic E-state index is 0.508. The third-order valence-electron chi connectivity index (χ3n) is 4.57. The van der Waals surface area contributed by atoms with Crippen molar-refractivity contribution in [1.82, 2.24) is 15.1 Å². The van der Waals surface area contributed by atoms with E-state index >= 15 is 0 Å². The van der Waals surface area contributed by atoms with Gasteiger partial charge in [0, 0.05) is 32.3 Å². The van der Waals surface area contributed by atoms with Crippen LogP contribution < -0.4 is 5.32 Å². The van der Waals surface area contributed by atoms with Crippen molar-refractivity contribution < 1.29 is 4.74 Å². The van der Waals surface area contributed by atoms with Crippen LogP contribution in [0.15, 0.2) is 0 Å². The lowest BCUT2D eigenvalue weighted by Gasteiger charge is -2.24. The van der Waals surface area contributed by atoms with E-state index in [1.807, 2.05) is 0 Å². The van der Waals surface area contributed by atoms with Crippen LogP contribution >= 0.6 is 0 Å². The van der Waals surface area contributed by atoms with E-state index < -0.39 is 0 Å². The summed E-state index contributed by atoms with van der Waals surface area (Å²) in [5.41, 5.74) is 0. The van der Waals surface area contributed by atoms with Crippen molar-refractivity contribution in [1.29, 1.82) is 0 Å². The zero-order valence-corrected chi connectivity index (χ0v) is 12.9. The Morgan fingerprint density at radius 3 is 2.58 bits per heavy atom. The Hall–Kier alpha value is -0.160. The third-order valence-corrected chi connectivity index (χ3v) is 4.57. The summed E-state index contributed by atoms with van der Waals surface area (Å²) in [7, 11) is 4.40. The first-order chi connectivity index (χ1) is 9.16. The average molecular weight is 269 g/mol. The van der Waals surface area contributed by atoms with E-state index in [0.29, 0.717) is 6.10 Å². The number of likely N-dealkylation sites (tertiary alicyclic amines) is 1. The number of nitrogens with zero attached hydrogens (tertiary/aromatic N) is 2. The minimum atomic E-state index is 0.508. The molecule has 0 aromatic heterocycles. The number of rotatable bonds is 6. The van der Waals surface area contributed by atoms with Crippen LogP contribution in [0.4, 0.5) is 0 Å². The van der Waals surface area contributed by atoms with Gasteiger partial charge in [-0.1, -0.05) is 6.92 Å². The van der Waals surface area contributed by atoms with E-state index in [0.717, 1.165) is 31.7 Å². The molecule has 2 atom stereocenters. The summed E-state index contributed by atoms with van der Waals surface area (Å²) < 4.78 is 5.97. The van der Waals surface area contributed by atoms with Crippen LogP contribution in [0.5, 0.6) is 0 Å². The zero-order chi connectivity index (χ0) is 13.7. The van der Waals surface area contributed by atoms with Crippen molar-refractivity contribution in [2.45, 2.75) is 38.3 Å². The van der Waals surface area contributed by atoms with E-state index in [1.165, 1.54) is 38.9 Å². The molecule has 1 N–H and O–H groups in total. The first-order valence-corrected chi connectivity index (χ1v) is 7.88. The van der Waals surface area contributed by atoms with Crippen molar-refractivity contribution in [2.24, 2.45) is 5.92 Å². The maximum atomic E-state index is 5.97. The van der Waals surface area contributed by atoms with Gasteiger partial charge in [0.05, 0.1) is 6.10 Å². The fourth-order valence-corrected chi connectivity index (χ4v) is 3.40. The van der Waals surface area contributed by atoms with E-state index in [-0.39, 0.29) is 0 Å². The fourth-order valence-electron chi connectivity index (χ4n) is 3.40. The van der Waals surface area contributed by atoms with Crippen molar-refractivity contribution in [3.63, 3.8) is 0 Å². The van der Waals surface area contributed by atoms with Gasteiger partial charge in [0.25, 0.3) is 0 Å². The summed E-state index contributed by atoms with van der Waals surface area (Å²) in [6, 6.07) is 0.727. The summed E-state index contributed by atoms with van der Waals surface area (Å²) in [6.07, 6.45) is 4.05. The molecule has 0 aromatic carbocycles. The Morgan fingerprint density at radius 1 is 1.21 bits per heavy atom. The van der Waals surface area contributed by atoms with Gasteiger partial charge in [-0.3, -0.25) is 0 Å². The summed E-state index contributed by atoms with van der Waals surface area (Å²) in [6.45, 7) is 9.22. The van der Waals surface area contributed by atoms with Crippen LogP contribution in [0.2, 0.25) is 0 Å². The number of piperidine rings is 1. The maximum Gasteiger partial charge on any atom is 0.0599 e. The molecule has 2 fully saturated rings. The molecule has 0 spiro atoms. The lowest BCUT2D eigenvalue weighted by Crippen LogP contribution is -2.35. The summed E-state index contributed by atoms with van der Waals surface area (Å²) in [4.78, 5) is 4.97. The van der Waals surface area contributed by atoms with Crippen LogP contribution in [0.3, 0.4) is 0 Å². The Bertz CT molecular complexity index is 254. The van der Waals surface area contributed by atoms with Crippen LogP contribution in [0, 0.1) is 5.92 Å². The molecular weight excluding hydrogens is 238 g/mol. The smallest absolute Gasteiger partial charge is 0.0599 e. The maximum absolute atomic E-state index is 5.97. The molecule has 2 rings (SSSR count). The molecule has 19 heavy (non-hydrogen) atoms. The predicted octanol–water partition coefficient (Wildman–Crippen LogP) is 1.03. The summed E-state index contributed by atoms with van der Waals surface area (Å²) in [5.74, 6) is 0.792. The second-order valence-electron chi connectivity index (χ2n) is 6.44. The summed E-state index contributed by atoms with van der Waals surface area (Å²) in [5, 5.41) is 3.38. The molecule has 4 heteroatoms. The average Bonchev–Trinajstić information content (AvgIpc) is 2.77. The first kappa shape index (κ1) is 15.2. The fraction of sp³-hybridized carbons (Fsp3) is 1.00. The van der Waals surface area contributed by atoms with Crippen molar-refractivity contribution >= 4 is 0 Å². The lowest BCUT2D eigenvalue weighted by molar-refractivity contribution is 0.0284. The Labute approximate surface area is 118 Å². The Kier molecular flexibility index (Phi) is 6.07. The molecule has 0 saturated carbocycles. The van der Waals surface area contributed by atoms with Crippen molar-refractivity contribution in [3.8, 4) is 0 Å². The molecule has 4 nitrogen and oxygen atoms in total. The second-order valence-corrected chi connectivity index (χ2v) is 6.44. The van der Waals surface area contributed by atoms with Gasteiger partial charge in [0.1, 0.15) is 0 Å². The quantitative estimate of drug-likeness (QED) is 0.729. The number of nitrogens with one attached hydrogen (secondary N) is 1. The van der Waals surface area contributed by atoms with Gasteiger partial charge in [0.2, 0.25) is 0 Å². The Balaban J connectivity index is 1.56.